The monoisotopic (exact) mass is 392 g/mol. The minimum absolute atomic E-state index is 0.123. The molecule has 2 aromatic heterocycles. The van der Waals surface area contributed by atoms with Gasteiger partial charge in [0.1, 0.15) is 5.82 Å². The molecule has 2 heterocycles. The molecule has 1 aromatic carbocycles. The minimum atomic E-state index is -0.215. The quantitative estimate of drug-likeness (QED) is 0.614. The van der Waals surface area contributed by atoms with Crippen molar-refractivity contribution in [3.63, 3.8) is 0 Å². The first kappa shape index (κ1) is 20.1. The number of nitrogens with one attached hydrogen (secondary N) is 2. The highest BCUT2D eigenvalue weighted by atomic mass is 16.2. The summed E-state index contributed by atoms with van der Waals surface area (Å²) in [4.78, 5) is 34.9. The van der Waals surface area contributed by atoms with Crippen LogP contribution >= 0.6 is 0 Å². The van der Waals surface area contributed by atoms with Crippen LogP contribution < -0.4 is 15.5 Å². The molecule has 2 N–H and O–H groups in total. The zero-order valence-corrected chi connectivity index (χ0v) is 16.5. The zero-order chi connectivity index (χ0) is 20.6. The molecule has 0 aliphatic rings. The Morgan fingerprint density at radius 2 is 2.00 bits per heavy atom. The second-order valence-corrected chi connectivity index (χ2v) is 6.74. The molecule has 2 amide bonds. The molecular formula is C21H24N6O2. The predicted octanol–water partition coefficient (Wildman–Crippen LogP) is 2.30. The van der Waals surface area contributed by atoms with E-state index in [0.717, 1.165) is 11.4 Å². The highest BCUT2D eigenvalue weighted by Gasteiger charge is 2.10. The molecule has 0 unspecified atom stereocenters. The number of carbonyl (C=O) groups is 2. The van der Waals surface area contributed by atoms with E-state index < -0.39 is 0 Å². The van der Waals surface area contributed by atoms with Crippen LogP contribution in [0.15, 0.2) is 61.3 Å². The lowest BCUT2D eigenvalue weighted by Gasteiger charge is -2.16. The lowest BCUT2D eigenvalue weighted by atomic mass is 10.1. The molecule has 0 spiro atoms. The van der Waals surface area contributed by atoms with Gasteiger partial charge < -0.3 is 20.1 Å². The summed E-state index contributed by atoms with van der Waals surface area (Å²) in [5.41, 5.74) is 1.99. The SMILES string of the molecule is CN(C)c1ncccc1CNC(=O)c1cccc(NC(=O)CCn2ccnc2)c1. The molecule has 0 atom stereocenters. The number of carbonyl (C=O) groups excluding carboxylic acids is 2. The Morgan fingerprint density at radius 1 is 1.14 bits per heavy atom. The van der Waals surface area contributed by atoms with Crippen molar-refractivity contribution in [2.24, 2.45) is 0 Å². The van der Waals surface area contributed by atoms with Gasteiger partial charge in [-0.1, -0.05) is 12.1 Å². The summed E-state index contributed by atoms with van der Waals surface area (Å²) in [5.74, 6) is 0.474. The molecule has 3 rings (SSSR count). The number of imidazole rings is 1. The number of hydrogen-bond donors (Lipinski definition) is 2. The zero-order valence-electron chi connectivity index (χ0n) is 16.5. The van der Waals surface area contributed by atoms with Gasteiger partial charge in [-0.2, -0.15) is 0 Å². The molecule has 0 aliphatic carbocycles. The first-order chi connectivity index (χ1) is 14.0. The summed E-state index contributed by atoms with van der Waals surface area (Å²) in [6.45, 7) is 0.910. The van der Waals surface area contributed by atoms with E-state index >= 15 is 0 Å². The molecule has 0 radical (unpaired) electrons. The van der Waals surface area contributed by atoms with Crippen molar-refractivity contribution >= 4 is 23.3 Å². The fourth-order valence-corrected chi connectivity index (χ4v) is 2.86. The average molecular weight is 392 g/mol. The lowest BCUT2D eigenvalue weighted by molar-refractivity contribution is -0.116. The summed E-state index contributed by atoms with van der Waals surface area (Å²) in [5, 5.41) is 5.73. The lowest BCUT2D eigenvalue weighted by Crippen LogP contribution is -2.24. The third kappa shape index (κ3) is 5.65. The van der Waals surface area contributed by atoms with Crippen molar-refractivity contribution in [3.8, 4) is 0 Å². The number of pyridine rings is 1. The number of amides is 2. The Bertz CT molecular complexity index is 969. The van der Waals surface area contributed by atoms with Crippen molar-refractivity contribution < 1.29 is 9.59 Å². The second kappa shape index (κ2) is 9.50. The Kier molecular flexibility index (Phi) is 6.57. The van der Waals surface area contributed by atoms with Crippen LogP contribution in [0.3, 0.4) is 0 Å². The fourth-order valence-electron chi connectivity index (χ4n) is 2.86. The van der Waals surface area contributed by atoms with Crippen molar-refractivity contribution in [1.82, 2.24) is 19.9 Å². The number of aromatic nitrogens is 3. The number of anilines is 2. The largest absolute Gasteiger partial charge is 0.362 e. The van der Waals surface area contributed by atoms with Crippen molar-refractivity contribution in [3.05, 3.63) is 72.4 Å². The molecule has 0 saturated heterocycles. The van der Waals surface area contributed by atoms with Crippen LogP contribution in [0.4, 0.5) is 11.5 Å². The number of rotatable bonds is 8. The van der Waals surface area contributed by atoms with E-state index in [-0.39, 0.29) is 11.8 Å². The summed E-state index contributed by atoms with van der Waals surface area (Å²) >= 11 is 0. The molecule has 0 bridgehead atoms. The van der Waals surface area contributed by atoms with E-state index in [1.54, 1.807) is 43.0 Å². The van der Waals surface area contributed by atoms with E-state index in [4.69, 9.17) is 0 Å². The molecule has 29 heavy (non-hydrogen) atoms. The Labute approximate surface area is 169 Å². The van der Waals surface area contributed by atoms with E-state index in [2.05, 4.69) is 20.6 Å². The number of nitrogens with zero attached hydrogens (tertiary/aromatic N) is 4. The van der Waals surface area contributed by atoms with Crippen LogP contribution in [0.1, 0.15) is 22.3 Å². The second-order valence-electron chi connectivity index (χ2n) is 6.74. The molecule has 0 aliphatic heterocycles. The first-order valence-corrected chi connectivity index (χ1v) is 9.28. The predicted molar refractivity (Wildman–Crippen MR) is 112 cm³/mol. The molecule has 0 saturated carbocycles. The van der Waals surface area contributed by atoms with Gasteiger partial charge >= 0.3 is 0 Å². The van der Waals surface area contributed by atoms with Crippen LogP contribution in [0.5, 0.6) is 0 Å². The summed E-state index contributed by atoms with van der Waals surface area (Å²) in [7, 11) is 3.82. The number of aryl methyl sites for hydroxylation is 1. The smallest absolute Gasteiger partial charge is 0.251 e. The van der Waals surface area contributed by atoms with Gasteiger partial charge in [0, 0.05) is 69.0 Å². The average Bonchev–Trinajstić information content (AvgIpc) is 3.24. The van der Waals surface area contributed by atoms with Gasteiger partial charge in [-0.3, -0.25) is 9.59 Å². The molecule has 3 aromatic rings. The van der Waals surface area contributed by atoms with E-state index in [1.165, 1.54) is 0 Å². The molecule has 8 nitrogen and oxygen atoms in total. The van der Waals surface area contributed by atoms with E-state index in [0.29, 0.717) is 30.8 Å². The van der Waals surface area contributed by atoms with Crippen LogP contribution in [0.25, 0.3) is 0 Å². The van der Waals surface area contributed by atoms with Gasteiger partial charge in [-0.05, 0) is 24.3 Å². The van der Waals surface area contributed by atoms with Crippen LogP contribution in [-0.2, 0) is 17.9 Å². The summed E-state index contributed by atoms with van der Waals surface area (Å²) in [6.07, 6.45) is 7.19. The van der Waals surface area contributed by atoms with Crippen molar-refractivity contribution in [2.45, 2.75) is 19.5 Å². The maximum absolute atomic E-state index is 12.6. The third-order valence-corrected chi connectivity index (χ3v) is 4.30. The number of hydrogen-bond acceptors (Lipinski definition) is 5. The first-order valence-electron chi connectivity index (χ1n) is 9.28. The van der Waals surface area contributed by atoms with Gasteiger partial charge in [-0.15, -0.1) is 0 Å². The molecular weight excluding hydrogens is 368 g/mol. The van der Waals surface area contributed by atoms with E-state index in [1.807, 2.05) is 41.9 Å². The maximum atomic E-state index is 12.6. The van der Waals surface area contributed by atoms with Gasteiger partial charge in [0.15, 0.2) is 0 Å². The third-order valence-electron chi connectivity index (χ3n) is 4.30. The summed E-state index contributed by atoms with van der Waals surface area (Å²) < 4.78 is 1.84. The van der Waals surface area contributed by atoms with Crippen LogP contribution in [0.2, 0.25) is 0 Å². The number of benzene rings is 1. The van der Waals surface area contributed by atoms with Gasteiger partial charge in [0.25, 0.3) is 5.91 Å². The van der Waals surface area contributed by atoms with Crippen LogP contribution in [-0.4, -0.2) is 40.4 Å². The Balaban J connectivity index is 1.57. The molecule has 8 heteroatoms. The van der Waals surface area contributed by atoms with Crippen molar-refractivity contribution in [2.75, 3.05) is 24.3 Å². The molecule has 0 fully saturated rings. The fraction of sp³-hybridized carbons (Fsp3) is 0.238. The van der Waals surface area contributed by atoms with Crippen molar-refractivity contribution in [1.29, 1.82) is 0 Å². The molecule has 150 valence electrons. The van der Waals surface area contributed by atoms with Gasteiger partial charge in [0.05, 0.1) is 6.33 Å². The normalized spacial score (nSPS) is 10.4. The maximum Gasteiger partial charge on any atom is 0.251 e. The van der Waals surface area contributed by atoms with Gasteiger partial charge in [0.2, 0.25) is 5.91 Å². The van der Waals surface area contributed by atoms with Gasteiger partial charge in [-0.25, -0.2) is 9.97 Å². The Morgan fingerprint density at radius 3 is 2.76 bits per heavy atom. The summed E-state index contributed by atoms with van der Waals surface area (Å²) in [6, 6.07) is 10.7. The topological polar surface area (TPSA) is 92.2 Å². The van der Waals surface area contributed by atoms with Crippen LogP contribution in [0, 0.1) is 0 Å². The highest BCUT2D eigenvalue weighted by molar-refractivity contribution is 5.97. The van der Waals surface area contributed by atoms with E-state index in [9.17, 15) is 9.59 Å². The Hall–Kier alpha value is -3.68. The minimum Gasteiger partial charge on any atom is -0.362 e. The highest BCUT2D eigenvalue weighted by Crippen LogP contribution is 2.15. The standard InChI is InChI=1S/C21H24N6O2/c1-26(2)20-17(6-4-9-23-20)14-24-21(29)16-5-3-7-18(13-16)25-19(28)8-11-27-12-10-22-15-27/h3-7,9-10,12-13,15H,8,11,14H2,1-2H3,(H,24,29)(H,25,28).